The smallest absolute Gasteiger partial charge is 0.422 e. The minimum Gasteiger partial charge on any atom is -0.468 e. The topological polar surface area (TPSA) is 93.2 Å². The number of anilines is 1. The normalized spacial score (nSPS) is 11.0. The summed E-state index contributed by atoms with van der Waals surface area (Å²) in [7, 11) is 0. The number of carbonyl (C=O) groups excluding carboxylic acids is 2. The zero-order valence-electron chi connectivity index (χ0n) is 14.3. The van der Waals surface area contributed by atoms with Crippen molar-refractivity contribution in [3.05, 3.63) is 47.8 Å². The molecule has 0 unspecified atom stereocenters. The van der Waals surface area contributed by atoms with Gasteiger partial charge in [0.15, 0.2) is 6.61 Å². The summed E-state index contributed by atoms with van der Waals surface area (Å²) in [5, 5.41) is 5.13. The lowest BCUT2D eigenvalue weighted by atomic mass is 10.2. The standard InChI is InChI=1S/C17H17F3N4O3/c1-2-14(25)24-13-8-11(6-7-21-13)16(26)22-9-12-4-3-5-15(23-12)27-10-17(18,19)20/h3-8H,2,9-10H2,1H3,(H,22,26)(H,21,24,25). The van der Waals surface area contributed by atoms with Gasteiger partial charge in [0.2, 0.25) is 11.8 Å². The Morgan fingerprint density at radius 2 is 2.00 bits per heavy atom. The highest BCUT2D eigenvalue weighted by Gasteiger charge is 2.28. The number of nitrogens with one attached hydrogen (secondary N) is 2. The molecule has 0 spiro atoms. The van der Waals surface area contributed by atoms with E-state index in [-0.39, 0.29) is 36.1 Å². The maximum absolute atomic E-state index is 12.2. The molecule has 0 saturated carbocycles. The molecule has 0 radical (unpaired) electrons. The molecule has 2 rings (SSSR count). The number of hydrogen-bond donors (Lipinski definition) is 2. The summed E-state index contributed by atoms with van der Waals surface area (Å²) in [6, 6.07) is 7.19. The monoisotopic (exact) mass is 382 g/mol. The first-order valence-corrected chi connectivity index (χ1v) is 7.96. The summed E-state index contributed by atoms with van der Waals surface area (Å²) in [6.07, 6.45) is -2.81. The third kappa shape index (κ3) is 6.92. The molecular weight excluding hydrogens is 365 g/mol. The van der Waals surface area contributed by atoms with Gasteiger partial charge >= 0.3 is 6.18 Å². The van der Waals surface area contributed by atoms with Crippen LogP contribution < -0.4 is 15.4 Å². The molecule has 0 aromatic carbocycles. The highest BCUT2D eigenvalue weighted by molar-refractivity contribution is 5.96. The number of aromatic nitrogens is 2. The zero-order chi connectivity index (χ0) is 19.9. The number of carbonyl (C=O) groups is 2. The number of nitrogens with zero attached hydrogens (tertiary/aromatic N) is 2. The maximum atomic E-state index is 12.2. The van der Waals surface area contributed by atoms with Crippen LogP contribution in [0.3, 0.4) is 0 Å². The van der Waals surface area contributed by atoms with Gasteiger partial charge < -0.3 is 15.4 Å². The highest BCUT2D eigenvalue weighted by atomic mass is 19.4. The number of rotatable bonds is 7. The fourth-order valence-corrected chi connectivity index (χ4v) is 1.94. The van der Waals surface area contributed by atoms with E-state index in [1.54, 1.807) is 13.0 Å². The number of ether oxygens (including phenoxy) is 1. The van der Waals surface area contributed by atoms with Gasteiger partial charge in [-0.3, -0.25) is 9.59 Å². The molecular formula is C17H17F3N4O3. The Balaban J connectivity index is 1.95. The second-order valence-electron chi connectivity index (χ2n) is 5.39. The van der Waals surface area contributed by atoms with Gasteiger partial charge in [-0.15, -0.1) is 0 Å². The van der Waals surface area contributed by atoms with Crippen molar-refractivity contribution in [1.29, 1.82) is 0 Å². The Morgan fingerprint density at radius 3 is 2.70 bits per heavy atom. The van der Waals surface area contributed by atoms with Crippen LogP contribution in [0.15, 0.2) is 36.5 Å². The first kappa shape index (κ1) is 20.1. The van der Waals surface area contributed by atoms with Crippen LogP contribution in [0.25, 0.3) is 0 Å². The molecule has 144 valence electrons. The van der Waals surface area contributed by atoms with Crippen LogP contribution in [0.4, 0.5) is 19.0 Å². The summed E-state index contributed by atoms with van der Waals surface area (Å²) in [4.78, 5) is 31.4. The predicted molar refractivity (Wildman–Crippen MR) is 90.1 cm³/mol. The van der Waals surface area contributed by atoms with E-state index in [1.165, 1.54) is 30.5 Å². The van der Waals surface area contributed by atoms with Gasteiger partial charge in [0.05, 0.1) is 12.2 Å². The largest absolute Gasteiger partial charge is 0.468 e. The summed E-state index contributed by atoms with van der Waals surface area (Å²) >= 11 is 0. The third-order valence-electron chi connectivity index (χ3n) is 3.21. The Bertz CT molecular complexity index is 812. The second kappa shape index (κ2) is 8.97. The summed E-state index contributed by atoms with van der Waals surface area (Å²) in [5.41, 5.74) is 0.595. The first-order chi connectivity index (χ1) is 12.8. The van der Waals surface area contributed by atoms with Crippen molar-refractivity contribution in [2.24, 2.45) is 0 Å². The molecule has 0 saturated heterocycles. The molecule has 0 atom stereocenters. The molecule has 0 aliphatic carbocycles. The van der Waals surface area contributed by atoms with Crippen LogP contribution in [-0.2, 0) is 11.3 Å². The van der Waals surface area contributed by atoms with Gasteiger partial charge in [0.1, 0.15) is 5.82 Å². The fourth-order valence-electron chi connectivity index (χ4n) is 1.94. The molecule has 27 heavy (non-hydrogen) atoms. The Kier molecular flexibility index (Phi) is 6.69. The molecule has 2 aromatic rings. The average Bonchev–Trinajstić information content (AvgIpc) is 2.64. The molecule has 10 heteroatoms. The highest BCUT2D eigenvalue weighted by Crippen LogP contribution is 2.17. The molecule has 2 heterocycles. The average molecular weight is 382 g/mol. The molecule has 7 nitrogen and oxygen atoms in total. The van der Waals surface area contributed by atoms with Crippen molar-refractivity contribution in [2.75, 3.05) is 11.9 Å². The van der Waals surface area contributed by atoms with Crippen LogP contribution in [0, 0.1) is 0 Å². The molecule has 0 fully saturated rings. The Hall–Kier alpha value is -3.17. The van der Waals surface area contributed by atoms with Crippen molar-refractivity contribution in [3.8, 4) is 5.88 Å². The van der Waals surface area contributed by atoms with Crippen LogP contribution in [-0.4, -0.2) is 34.6 Å². The summed E-state index contributed by atoms with van der Waals surface area (Å²) in [5.74, 6) is -0.629. The van der Waals surface area contributed by atoms with Crippen LogP contribution in [0.2, 0.25) is 0 Å². The van der Waals surface area contributed by atoms with E-state index in [1.807, 2.05) is 0 Å². The minimum absolute atomic E-state index is 0.0129. The number of amides is 2. The van der Waals surface area contributed by atoms with E-state index in [4.69, 9.17) is 0 Å². The lowest BCUT2D eigenvalue weighted by molar-refractivity contribution is -0.154. The summed E-state index contributed by atoms with van der Waals surface area (Å²) in [6.45, 7) is 0.228. The lowest BCUT2D eigenvalue weighted by Gasteiger charge is -2.10. The molecule has 0 aliphatic heterocycles. The quantitative estimate of drug-likeness (QED) is 0.768. The van der Waals surface area contributed by atoms with Crippen LogP contribution in [0.5, 0.6) is 5.88 Å². The van der Waals surface area contributed by atoms with E-state index >= 15 is 0 Å². The molecule has 2 N–H and O–H groups in total. The van der Waals surface area contributed by atoms with Gasteiger partial charge in [-0.2, -0.15) is 13.2 Å². The molecule has 2 amide bonds. The Morgan fingerprint density at radius 1 is 1.22 bits per heavy atom. The van der Waals surface area contributed by atoms with Crippen LogP contribution in [0.1, 0.15) is 29.4 Å². The number of alkyl halides is 3. The van der Waals surface area contributed by atoms with E-state index in [9.17, 15) is 22.8 Å². The van der Waals surface area contributed by atoms with Crippen molar-refractivity contribution in [1.82, 2.24) is 15.3 Å². The van der Waals surface area contributed by atoms with Crippen molar-refractivity contribution in [3.63, 3.8) is 0 Å². The molecule has 2 aromatic heterocycles. The first-order valence-electron chi connectivity index (χ1n) is 7.96. The van der Waals surface area contributed by atoms with Crippen molar-refractivity contribution in [2.45, 2.75) is 26.1 Å². The number of hydrogen-bond acceptors (Lipinski definition) is 5. The van der Waals surface area contributed by atoms with Gasteiger partial charge in [-0.25, -0.2) is 9.97 Å². The third-order valence-corrected chi connectivity index (χ3v) is 3.21. The van der Waals surface area contributed by atoms with E-state index in [0.717, 1.165) is 0 Å². The Labute approximate surface area is 153 Å². The van der Waals surface area contributed by atoms with E-state index in [2.05, 4.69) is 25.3 Å². The number of halogens is 3. The number of pyridine rings is 2. The minimum atomic E-state index is -4.46. The van der Waals surface area contributed by atoms with Gasteiger partial charge in [0, 0.05) is 24.2 Å². The zero-order valence-corrected chi connectivity index (χ0v) is 14.3. The predicted octanol–water partition coefficient (Wildman–Crippen LogP) is 2.70. The van der Waals surface area contributed by atoms with Crippen molar-refractivity contribution >= 4 is 17.6 Å². The fraction of sp³-hybridized carbons (Fsp3) is 0.294. The van der Waals surface area contributed by atoms with Crippen molar-refractivity contribution < 1.29 is 27.5 Å². The van der Waals surface area contributed by atoms with Crippen LogP contribution >= 0.6 is 0 Å². The maximum Gasteiger partial charge on any atom is 0.422 e. The molecule has 0 aliphatic rings. The lowest BCUT2D eigenvalue weighted by Crippen LogP contribution is -2.24. The van der Waals surface area contributed by atoms with Gasteiger partial charge in [-0.05, 0) is 18.2 Å². The van der Waals surface area contributed by atoms with E-state index < -0.39 is 18.7 Å². The SMILES string of the molecule is CCC(=O)Nc1cc(C(=O)NCc2cccc(OCC(F)(F)F)n2)ccn1. The van der Waals surface area contributed by atoms with E-state index in [0.29, 0.717) is 5.69 Å². The molecule has 0 bridgehead atoms. The van der Waals surface area contributed by atoms with Gasteiger partial charge in [-0.1, -0.05) is 13.0 Å². The van der Waals surface area contributed by atoms with Gasteiger partial charge in [0.25, 0.3) is 5.91 Å². The summed E-state index contributed by atoms with van der Waals surface area (Å²) < 4.78 is 41.1. The second-order valence-corrected chi connectivity index (χ2v) is 5.39.